The van der Waals surface area contributed by atoms with Crippen LogP contribution in [0.2, 0.25) is 0 Å². The van der Waals surface area contributed by atoms with E-state index in [0.717, 1.165) is 18.6 Å². The molecule has 0 spiro atoms. The van der Waals surface area contributed by atoms with Crippen LogP contribution in [-0.4, -0.2) is 23.8 Å². The van der Waals surface area contributed by atoms with Crippen molar-refractivity contribution in [2.24, 2.45) is 11.7 Å². The number of halogens is 3. The first-order valence-corrected chi connectivity index (χ1v) is 9.76. The summed E-state index contributed by atoms with van der Waals surface area (Å²) < 4.78 is 44.9. The molecule has 5 nitrogen and oxygen atoms in total. The van der Waals surface area contributed by atoms with E-state index >= 15 is 0 Å². The second-order valence-corrected chi connectivity index (χ2v) is 7.32. The van der Waals surface area contributed by atoms with Crippen LogP contribution in [0, 0.1) is 17.2 Å². The average molecular weight is 436 g/mol. The van der Waals surface area contributed by atoms with Gasteiger partial charge in [-0.2, -0.15) is 14.0 Å². The lowest BCUT2D eigenvalue weighted by atomic mass is 10.0. The molecule has 0 heterocycles. The topological polar surface area (TPSA) is 96.3 Å². The van der Waals surface area contributed by atoms with Gasteiger partial charge in [0.2, 0.25) is 0 Å². The smallest absolute Gasteiger partial charge is 0.302 e. The van der Waals surface area contributed by atoms with Crippen molar-refractivity contribution < 1.29 is 27.8 Å². The maximum atomic E-state index is 13.5. The van der Waals surface area contributed by atoms with Crippen LogP contribution in [0.25, 0.3) is 0 Å². The first-order chi connectivity index (χ1) is 14.5. The summed E-state index contributed by atoms with van der Waals surface area (Å²) in [6.45, 7) is 3.85. The second-order valence-electron chi connectivity index (χ2n) is 7.32. The number of amides is 1. The van der Waals surface area contributed by atoms with Gasteiger partial charge in [-0.15, -0.1) is 0 Å². The second kappa shape index (κ2) is 11.8. The normalized spacial score (nSPS) is 11.8. The van der Waals surface area contributed by atoms with Gasteiger partial charge in [0.25, 0.3) is 5.91 Å². The predicted molar refractivity (Wildman–Crippen MR) is 112 cm³/mol. The van der Waals surface area contributed by atoms with Gasteiger partial charge in [0.15, 0.2) is 12.8 Å². The number of primary amides is 1. The van der Waals surface area contributed by atoms with Crippen LogP contribution >= 0.6 is 0 Å². The largest absolute Gasteiger partial charge is 0.508 e. The molecule has 1 amide bonds. The Hall–Kier alpha value is -3.21. The minimum atomic E-state index is -3.80. The fourth-order valence-electron chi connectivity index (χ4n) is 2.62. The third-order valence-corrected chi connectivity index (χ3v) is 4.30. The number of alkyl halides is 3. The number of hydrogen-bond acceptors (Lipinski definition) is 4. The Labute approximate surface area is 180 Å². The van der Waals surface area contributed by atoms with Gasteiger partial charge in [0.1, 0.15) is 11.5 Å². The molecule has 31 heavy (non-hydrogen) atoms. The molecule has 2 aromatic carbocycles. The quantitative estimate of drug-likeness (QED) is 0.618. The van der Waals surface area contributed by atoms with Crippen molar-refractivity contribution in [3.63, 3.8) is 0 Å². The Morgan fingerprint density at radius 2 is 1.84 bits per heavy atom. The lowest BCUT2D eigenvalue weighted by Crippen LogP contribution is -2.35. The van der Waals surface area contributed by atoms with Crippen molar-refractivity contribution in [3.8, 4) is 17.6 Å². The number of hydrogen-bond donors (Lipinski definition) is 2. The number of ether oxygens (including phenoxy) is 1. The molecule has 168 valence electrons. The maximum Gasteiger partial charge on any atom is 0.302 e. The summed E-state index contributed by atoms with van der Waals surface area (Å²) in [4.78, 5) is 11.3. The summed E-state index contributed by atoms with van der Waals surface area (Å²) in [5.41, 5.74) is 5.34. The Kier molecular flexibility index (Phi) is 9.87. The van der Waals surface area contributed by atoms with E-state index in [9.17, 15) is 18.0 Å². The van der Waals surface area contributed by atoms with Crippen LogP contribution in [0.15, 0.2) is 42.5 Å². The van der Waals surface area contributed by atoms with E-state index in [0.29, 0.717) is 12.2 Å². The molecule has 0 aliphatic rings. The predicted octanol–water partition coefficient (Wildman–Crippen LogP) is 4.85. The number of nitriles is 1. The molecule has 1 atom stereocenters. The zero-order valence-electron chi connectivity index (χ0n) is 17.7. The molecule has 0 radical (unpaired) electrons. The van der Waals surface area contributed by atoms with Gasteiger partial charge in [0.05, 0.1) is 11.6 Å². The standard InChI is InChI=1S/C15H17F3N2O2.C8H10O/c1-9(2)5-13(14(20)21)22-11-4-3-10(7-19)12(6-11)15(17,18)8-16;1-2-7-3-5-8(9)6-4-7/h3-4,6,9,13H,5,8H2,1-2H3,(H2,20,21);3-6,9H,2H2,1H3. The van der Waals surface area contributed by atoms with E-state index in [-0.39, 0.29) is 17.2 Å². The molecule has 0 aromatic heterocycles. The number of aromatic hydroxyl groups is 1. The van der Waals surface area contributed by atoms with Gasteiger partial charge in [0, 0.05) is 5.56 Å². The van der Waals surface area contributed by atoms with Crippen molar-refractivity contribution in [2.75, 3.05) is 6.67 Å². The number of benzene rings is 2. The lowest BCUT2D eigenvalue weighted by molar-refractivity contribution is -0.125. The van der Waals surface area contributed by atoms with Crippen molar-refractivity contribution in [2.45, 2.75) is 45.6 Å². The summed E-state index contributed by atoms with van der Waals surface area (Å²) in [6.07, 6.45) is 0.351. The number of aryl methyl sites for hydroxylation is 1. The SMILES string of the molecule is CC(C)CC(Oc1ccc(C#N)c(C(F)(F)CF)c1)C(N)=O.CCc1ccc(O)cc1. The fourth-order valence-corrected chi connectivity index (χ4v) is 2.62. The Morgan fingerprint density at radius 1 is 1.23 bits per heavy atom. The van der Waals surface area contributed by atoms with Gasteiger partial charge in [-0.1, -0.05) is 32.9 Å². The van der Waals surface area contributed by atoms with E-state index in [4.69, 9.17) is 20.8 Å². The van der Waals surface area contributed by atoms with Gasteiger partial charge in [-0.25, -0.2) is 4.39 Å². The summed E-state index contributed by atoms with van der Waals surface area (Å²) in [5.74, 6) is -4.15. The molecule has 0 bridgehead atoms. The monoisotopic (exact) mass is 436 g/mol. The van der Waals surface area contributed by atoms with Gasteiger partial charge in [-0.3, -0.25) is 4.79 Å². The van der Waals surface area contributed by atoms with Crippen molar-refractivity contribution in [1.29, 1.82) is 5.26 Å². The van der Waals surface area contributed by atoms with E-state index in [2.05, 4.69) is 6.92 Å². The number of rotatable bonds is 8. The number of carbonyl (C=O) groups excluding carboxylic acids is 1. The number of carbonyl (C=O) groups is 1. The number of phenolic OH excluding ortho intramolecular Hbond substituents is 1. The van der Waals surface area contributed by atoms with Crippen LogP contribution in [0.4, 0.5) is 13.2 Å². The van der Waals surface area contributed by atoms with Crippen molar-refractivity contribution in [3.05, 3.63) is 59.2 Å². The van der Waals surface area contributed by atoms with Crippen molar-refractivity contribution >= 4 is 5.91 Å². The van der Waals surface area contributed by atoms with Crippen LogP contribution in [0.5, 0.6) is 11.5 Å². The van der Waals surface area contributed by atoms with Crippen LogP contribution in [-0.2, 0) is 17.1 Å². The number of phenols is 1. The molecule has 0 aliphatic heterocycles. The number of nitrogens with zero attached hydrogens (tertiary/aromatic N) is 1. The van der Waals surface area contributed by atoms with Gasteiger partial charge >= 0.3 is 5.92 Å². The molecular weight excluding hydrogens is 409 g/mol. The van der Waals surface area contributed by atoms with Crippen LogP contribution in [0.1, 0.15) is 43.9 Å². The van der Waals surface area contributed by atoms with Crippen LogP contribution in [0.3, 0.4) is 0 Å². The van der Waals surface area contributed by atoms with E-state index in [1.807, 2.05) is 26.0 Å². The molecule has 2 rings (SSSR count). The highest BCUT2D eigenvalue weighted by molar-refractivity contribution is 5.79. The fraction of sp³-hybridized carbons (Fsp3) is 0.391. The van der Waals surface area contributed by atoms with Crippen LogP contribution < -0.4 is 10.5 Å². The maximum absolute atomic E-state index is 13.5. The summed E-state index contributed by atoms with van der Waals surface area (Å²) in [7, 11) is 0. The average Bonchev–Trinajstić information content (AvgIpc) is 2.74. The molecular formula is C23H27F3N2O3. The lowest BCUT2D eigenvalue weighted by Gasteiger charge is -2.20. The van der Waals surface area contributed by atoms with Crippen molar-refractivity contribution in [1.82, 2.24) is 0 Å². The summed E-state index contributed by atoms with van der Waals surface area (Å²) in [6, 6.07) is 12.1. The van der Waals surface area contributed by atoms with Gasteiger partial charge in [-0.05, 0) is 54.7 Å². The molecule has 0 fully saturated rings. The first kappa shape index (κ1) is 25.8. The summed E-state index contributed by atoms with van der Waals surface area (Å²) >= 11 is 0. The zero-order valence-corrected chi connectivity index (χ0v) is 17.7. The molecule has 0 saturated heterocycles. The third kappa shape index (κ3) is 8.21. The van der Waals surface area contributed by atoms with Gasteiger partial charge < -0.3 is 15.6 Å². The van der Waals surface area contributed by atoms with E-state index < -0.39 is 30.2 Å². The highest BCUT2D eigenvalue weighted by Gasteiger charge is 2.35. The first-order valence-electron chi connectivity index (χ1n) is 9.76. The molecule has 8 heteroatoms. The highest BCUT2D eigenvalue weighted by Crippen LogP contribution is 2.34. The third-order valence-electron chi connectivity index (χ3n) is 4.30. The minimum Gasteiger partial charge on any atom is -0.508 e. The Morgan fingerprint density at radius 3 is 2.29 bits per heavy atom. The Balaban J connectivity index is 0.000000442. The van der Waals surface area contributed by atoms with E-state index in [1.165, 1.54) is 11.6 Å². The molecule has 1 unspecified atom stereocenters. The number of nitrogens with two attached hydrogens (primary N) is 1. The highest BCUT2D eigenvalue weighted by atomic mass is 19.3. The zero-order chi connectivity index (χ0) is 23.6. The summed E-state index contributed by atoms with van der Waals surface area (Å²) in [5, 5.41) is 17.7. The van der Waals surface area contributed by atoms with E-state index in [1.54, 1.807) is 18.2 Å². The molecule has 2 aromatic rings. The molecule has 0 saturated carbocycles. The Bertz CT molecular complexity index is 894. The minimum absolute atomic E-state index is 0.0634. The molecule has 3 N–H and O–H groups in total. The molecule has 0 aliphatic carbocycles.